The molecule has 0 bridgehead atoms. The van der Waals surface area contributed by atoms with E-state index in [1.807, 2.05) is 30.0 Å². The third-order valence-corrected chi connectivity index (χ3v) is 5.96. The second-order valence-corrected chi connectivity index (χ2v) is 8.02. The van der Waals surface area contributed by atoms with Gasteiger partial charge in [0.2, 0.25) is 6.79 Å². The van der Waals surface area contributed by atoms with Gasteiger partial charge in [0.05, 0.1) is 0 Å². The normalized spacial score (nSPS) is 20.8. The summed E-state index contributed by atoms with van der Waals surface area (Å²) in [6.07, 6.45) is 2.12. The Kier molecular flexibility index (Phi) is 4.43. The number of aryl methyl sites for hydroxylation is 1. The van der Waals surface area contributed by atoms with Crippen molar-refractivity contribution >= 4 is 5.91 Å². The lowest BCUT2D eigenvalue weighted by molar-refractivity contribution is 0.0752. The van der Waals surface area contributed by atoms with Gasteiger partial charge in [0, 0.05) is 49.6 Å². The summed E-state index contributed by atoms with van der Waals surface area (Å²) in [6, 6.07) is 10.0. The molecule has 1 atom stereocenters. The Hall–Kier alpha value is -2.60. The molecule has 1 aromatic carbocycles. The molecule has 1 aromatic heterocycles. The van der Waals surface area contributed by atoms with Gasteiger partial charge in [-0.1, -0.05) is 6.07 Å². The number of nitrogens with zero attached hydrogens (tertiary/aromatic N) is 3. The molecule has 28 heavy (non-hydrogen) atoms. The van der Waals surface area contributed by atoms with Crippen molar-refractivity contribution < 1.29 is 14.3 Å². The maximum atomic E-state index is 12.8. The van der Waals surface area contributed by atoms with Gasteiger partial charge >= 0.3 is 0 Å². The molecule has 1 unspecified atom stereocenters. The summed E-state index contributed by atoms with van der Waals surface area (Å²) in [7, 11) is 0. The van der Waals surface area contributed by atoms with Crippen molar-refractivity contribution in [1.29, 1.82) is 0 Å². The molecule has 4 heterocycles. The second-order valence-electron chi connectivity index (χ2n) is 8.02. The first-order chi connectivity index (χ1) is 13.7. The number of benzene rings is 1. The summed E-state index contributed by atoms with van der Waals surface area (Å²) in [4.78, 5) is 21.9. The lowest BCUT2D eigenvalue weighted by Crippen LogP contribution is -2.32. The summed E-state index contributed by atoms with van der Waals surface area (Å²) in [6.45, 7) is 6.95. The number of carbonyl (C=O) groups excluding carboxylic acids is 1. The van der Waals surface area contributed by atoms with Crippen molar-refractivity contribution in [2.75, 3.05) is 33.0 Å². The molecule has 1 fully saturated rings. The summed E-state index contributed by atoms with van der Waals surface area (Å²) in [5.74, 6) is 2.09. The largest absolute Gasteiger partial charge is 0.454 e. The first-order valence-corrected chi connectivity index (χ1v) is 10.0. The number of ether oxygens (including phenoxy) is 2. The fourth-order valence-electron chi connectivity index (χ4n) is 4.50. The number of amides is 1. The Bertz CT molecular complexity index is 914. The molecule has 5 rings (SSSR count). The van der Waals surface area contributed by atoms with Gasteiger partial charge in [-0.05, 0) is 55.6 Å². The number of hydrogen-bond acceptors (Lipinski definition) is 5. The van der Waals surface area contributed by atoms with Crippen LogP contribution in [0.25, 0.3) is 0 Å². The van der Waals surface area contributed by atoms with Crippen LogP contribution in [-0.2, 0) is 13.0 Å². The van der Waals surface area contributed by atoms with E-state index >= 15 is 0 Å². The number of pyridine rings is 1. The van der Waals surface area contributed by atoms with Crippen LogP contribution < -0.4 is 9.47 Å². The van der Waals surface area contributed by atoms with E-state index in [0.29, 0.717) is 18.2 Å². The number of rotatable bonds is 5. The Balaban J connectivity index is 1.16. The van der Waals surface area contributed by atoms with Crippen molar-refractivity contribution in [3.63, 3.8) is 0 Å². The second kappa shape index (κ2) is 7.09. The lowest BCUT2D eigenvalue weighted by atomic mass is 10.1. The lowest BCUT2D eigenvalue weighted by Gasteiger charge is -2.21. The van der Waals surface area contributed by atoms with Crippen LogP contribution in [0.1, 0.15) is 33.7 Å². The predicted octanol–water partition coefficient (Wildman–Crippen LogP) is 2.64. The molecule has 0 aliphatic carbocycles. The van der Waals surface area contributed by atoms with Crippen LogP contribution in [-0.4, -0.2) is 53.7 Å². The zero-order chi connectivity index (χ0) is 19.1. The molecule has 0 spiro atoms. The van der Waals surface area contributed by atoms with E-state index < -0.39 is 0 Å². The van der Waals surface area contributed by atoms with E-state index in [1.165, 1.54) is 0 Å². The third kappa shape index (κ3) is 3.33. The number of fused-ring (bicyclic) bond motifs is 2. The van der Waals surface area contributed by atoms with Crippen molar-refractivity contribution in [3.8, 4) is 11.5 Å². The molecule has 3 aliphatic rings. The zero-order valence-corrected chi connectivity index (χ0v) is 16.2. The molecule has 6 nitrogen and oxygen atoms in total. The van der Waals surface area contributed by atoms with Crippen LogP contribution in [0.15, 0.2) is 30.3 Å². The molecule has 1 amide bonds. The Morgan fingerprint density at radius 3 is 2.93 bits per heavy atom. The molecule has 2 aromatic rings. The van der Waals surface area contributed by atoms with E-state index in [9.17, 15) is 4.79 Å². The van der Waals surface area contributed by atoms with Gasteiger partial charge in [-0.25, -0.2) is 0 Å². The fraction of sp³-hybridized carbons (Fsp3) is 0.455. The Labute approximate surface area is 165 Å². The van der Waals surface area contributed by atoms with Crippen LogP contribution in [0.2, 0.25) is 0 Å². The molecule has 1 saturated heterocycles. The molecule has 3 aliphatic heterocycles. The molecule has 0 N–H and O–H groups in total. The maximum absolute atomic E-state index is 12.8. The fourth-order valence-corrected chi connectivity index (χ4v) is 4.50. The van der Waals surface area contributed by atoms with Crippen LogP contribution in [0.5, 0.6) is 11.5 Å². The smallest absolute Gasteiger partial charge is 0.254 e. The highest BCUT2D eigenvalue weighted by molar-refractivity contribution is 5.99. The quantitative estimate of drug-likeness (QED) is 0.799. The standard InChI is InChI=1S/C22H25N3O3/c1-15-3-2-4-18(23-15)6-8-24-7-5-16(11-24)12-25-13-17-9-20-21(28-14-27-20)10-19(17)22(25)26/h2-4,9-10,16H,5-8,11-14H2,1H3. The summed E-state index contributed by atoms with van der Waals surface area (Å²) in [5.41, 5.74) is 4.05. The molecular formula is C22H25N3O3. The highest BCUT2D eigenvalue weighted by Gasteiger charge is 2.33. The van der Waals surface area contributed by atoms with E-state index in [-0.39, 0.29) is 12.7 Å². The zero-order valence-electron chi connectivity index (χ0n) is 16.2. The van der Waals surface area contributed by atoms with Crippen LogP contribution in [0, 0.1) is 12.8 Å². The van der Waals surface area contributed by atoms with Crippen LogP contribution in [0.3, 0.4) is 0 Å². The summed E-state index contributed by atoms with van der Waals surface area (Å²) >= 11 is 0. The summed E-state index contributed by atoms with van der Waals surface area (Å²) < 4.78 is 10.9. The molecule has 146 valence electrons. The minimum atomic E-state index is 0.121. The van der Waals surface area contributed by atoms with Crippen molar-refractivity contribution in [2.24, 2.45) is 5.92 Å². The van der Waals surface area contributed by atoms with Gasteiger partial charge < -0.3 is 19.3 Å². The Morgan fingerprint density at radius 2 is 2.07 bits per heavy atom. The first kappa shape index (κ1) is 17.5. The average Bonchev–Trinajstić information content (AvgIpc) is 3.39. The van der Waals surface area contributed by atoms with Gasteiger partial charge in [-0.2, -0.15) is 0 Å². The topological polar surface area (TPSA) is 54.9 Å². The highest BCUT2D eigenvalue weighted by atomic mass is 16.7. The SMILES string of the molecule is Cc1cccc(CCN2CCC(CN3Cc4cc5c(cc4C3=O)OCO5)C2)n1. The van der Waals surface area contributed by atoms with Crippen molar-refractivity contribution in [2.45, 2.75) is 26.3 Å². The summed E-state index contributed by atoms with van der Waals surface area (Å²) in [5, 5.41) is 0. The van der Waals surface area contributed by atoms with Gasteiger partial charge in [0.1, 0.15) is 0 Å². The minimum Gasteiger partial charge on any atom is -0.454 e. The molecule has 6 heteroatoms. The van der Waals surface area contributed by atoms with E-state index in [4.69, 9.17) is 9.47 Å². The van der Waals surface area contributed by atoms with E-state index in [2.05, 4.69) is 22.0 Å². The van der Waals surface area contributed by atoms with Gasteiger partial charge in [0.15, 0.2) is 11.5 Å². The van der Waals surface area contributed by atoms with E-state index in [1.54, 1.807) is 0 Å². The average molecular weight is 379 g/mol. The number of carbonyl (C=O) groups is 1. The minimum absolute atomic E-state index is 0.121. The van der Waals surface area contributed by atoms with Crippen LogP contribution in [0.4, 0.5) is 0 Å². The van der Waals surface area contributed by atoms with Gasteiger partial charge in [0.25, 0.3) is 5.91 Å². The van der Waals surface area contributed by atoms with Crippen molar-refractivity contribution in [1.82, 2.24) is 14.8 Å². The monoisotopic (exact) mass is 379 g/mol. The van der Waals surface area contributed by atoms with E-state index in [0.717, 1.165) is 67.3 Å². The molecule has 0 saturated carbocycles. The predicted molar refractivity (Wildman–Crippen MR) is 105 cm³/mol. The Morgan fingerprint density at radius 1 is 1.21 bits per heavy atom. The highest BCUT2D eigenvalue weighted by Crippen LogP contribution is 2.38. The third-order valence-electron chi connectivity index (χ3n) is 5.96. The maximum Gasteiger partial charge on any atom is 0.254 e. The first-order valence-electron chi connectivity index (χ1n) is 10.0. The molecular weight excluding hydrogens is 354 g/mol. The van der Waals surface area contributed by atoms with Gasteiger partial charge in [-0.15, -0.1) is 0 Å². The van der Waals surface area contributed by atoms with Gasteiger partial charge in [-0.3, -0.25) is 9.78 Å². The van der Waals surface area contributed by atoms with Crippen molar-refractivity contribution in [3.05, 3.63) is 52.8 Å². The van der Waals surface area contributed by atoms with Crippen LogP contribution >= 0.6 is 0 Å². The number of hydrogen-bond donors (Lipinski definition) is 0. The number of likely N-dealkylation sites (tertiary alicyclic amines) is 1. The molecule has 0 radical (unpaired) electrons. The number of aromatic nitrogens is 1.